The van der Waals surface area contributed by atoms with Gasteiger partial charge >= 0.3 is 0 Å². The first-order chi connectivity index (χ1) is 12.9. The topological polar surface area (TPSA) is 58.6 Å². The van der Waals surface area contributed by atoms with Crippen LogP contribution in [0.5, 0.6) is 5.75 Å². The Morgan fingerprint density at radius 3 is 2.74 bits per heavy atom. The molecular weight excluding hydrogens is 354 g/mol. The van der Waals surface area contributed by atoms with Gasteiger partial charge in [0.15, 0.2) is 0 Å². The molecule has 1 N–H and O–H groups in total. The smallest absolute Gasteiger partial charge is 0.227 e. The summed E-state index contributed by atoms with van der Waals surface area (Å²) in [6.07, 6.45) is 0.0711. The number of nitrogens with one attached hydrogen (secondary N) is 1. The van der Waals surface area contributed by atoms with Gasteiger partial charge in [-0.3, -0.25) is 9.59 Å². The second-order valence-electron chi connectivity index (χ2n) is 6.50. The van der Waals surface area contributed by atoms with Gasteiger partial charge in [0.25, 0.3) is 0 Å². The van der Waals surface area contributed by atoms with Gasteiger partial charge in [-0.1, -0.05) is 12.1 Å². The van der Waals surface area contributed by atoms with E-state index in [1.807, 2.05) is 0 Å². The highest BCUT2D eigenvalue weighted by molar-refractivity contribution is 6.00. The molecule has 0 saturated carbocycles. The predicted octanol–water partition coefficient (Wildman–Crippen LogP) is 3.20. The van der Waals surface area contributed by atoms with E-state index >= 15 is 0 Å². The van der Waals surface area contributed by atoms with Crippen molar-refractivity contribution in [3.8, 4) is 5.75 Å². The highest BCUT2D eigenvalue weighted by atomic mass is 19.1. The minimum absolute atomic E-state index is 0.0711. The van der Waals surface area contributed by atoms with Crippen molar-refractivity contribution in [2.24, 2.45) is 5.92 Å². The van der Waals surface area contributed by atoms with Crippen LogP contribution in [0.4, 0.5) is 14.5 Å². The molecule has 0 radical (unpaired) electrons. The van der Waals surface area contributed by atoms with E-state index in [1.165, 1.54) is 18.1 Å². The molecule has 1 fully saturated rings. The van der Waals surface area contributed by atoms with Crippen molar-refractivity contribution in [3.05, 3.63) is 59.7 Å². The summed E-state index contributed by atoms with van der Waals surface area (Å²) in [5.74, 6) is -1.83. The molecule has 1 heterocycles. The fraction of sp³-hybridized carbons (Fsp3) is 0.300. The molecule has 142 valence electrons. The molecule has 1 aliphatic heterocycles. The molecule has 2 atom stereocenters. The standard InChI is InChI=1S/C20H20F2N2O3/c1-12(17-7-6-14(21)9-18(17)22)23-20(26)13-8-19(25)24(11-13)15-4-3-5-16(10-15)27-2/h3-7,9-10,12-13H,8,11H2,1-2H3,(H,23,26)/t12-,13-/m0/s1. The molecule has 1 saturated heterocycles. The van der Waals surface area contributed by atoms with E-state index in [4.69, 9.17) is 4.74 Å². The first-order valence-corrected chi connectivity index (χ1v) is 8.58. The Hall–Kier alpha value is -2.96. The van der Waals surface area contributed by atoms with Gasteiger partial charge in [-0.2, -0.15) is 0 Å². The summed E-state index contributed by atoms with van der Waals surface area (Å²) in [7, 11) is 1.54. The Kier molecular flexibility index (Phi) is 5.39. The van der Waals surface area contributed by atoms with Crippen molar-refractivity contribution < 1.29 is 23.1 Å². The number of methoxy groups -OCH3 is 1. The van der Waals surface area contributed by atoms with Crippen molar-refractivity contribution in [1.29, 1.82) is 0 Å². The number of hydrogen-bond donors (Lipinski definition) is 1. The predicted molar refractivity (Wildman–Crippen MR) is 96.4 cm³/mol. The van der Waals surface area contributed by atoms with Crippen LogP contribution in [0.25, 0.3) is 0 Å². The van der Waals surface area contributed by atoms with E-state index in [1.54, 1.807) is 31.2 Å². The third-order valence-corrected chi connectivity index (χ3v) is 4.65. The van der Waals surface area contributed by atoms with Crippen LogP contribution in [0.2, 0.25) is 0 Å². The van der Waals surface area contributed by atoms with Gasteiger partial charge in [0.1, 0.15) is 17.4 Å². The van der Waals surface area contributed by atoms with Gasteiger partial charge in [-0.25, -0.2) is 8.78 Å². The molecular formula is C20H20F2N2O3. The minimum Gasteiger partial charge on any atom is -0.497 e. The third kappa shape index (κ3) is 4.07. The lowest BCUT2D eigenvalue weighted by Gasteiger charge is -2.19. The van der Waals surface area contributed by atoms with E-state index in [0.29, 0.717) is 11.4 Å². The normalized spacial score (nSPS) is 17.7. The molecule has 5 nitrogen and oxygen atoms in total. The summed E-state index contributed by atoms with van der Waals surface area (Å²) in [4.78, 5) is 26.4. The maximum absolute atomic E-state index is 13.9. The molecule has 7 heteroatoms. The van der Waals surface area contributed by atoms with Crippen molar-refractivity contribution >= 4 is 17.5 Å². The molecule has 3 rings (SSSR count). The van der Waals surface area contributed by atoms with Gasteiger partial charge < -0.3 is 15.0 Å². The second kappa shape index (κ2) is 7.73. The number of rotatable bonds is 5. The highest BCUT2D eigenvalue weighted by Crippen LogP contribution is 2.28. The average Bonchev–Trinajstić information content (AvgIpc) is 3.03. The van der Waals surface area contributed by atoms with Crippen LogP contribution < -0.4 is 15.0 Å². The lowest BCUT2D eigenvalue weighted by Crippen LogP contribution is -2.34. The summed E-state index contributed by atoms with van der Waals surface area (Å²) in [6, 6.07) is 9.64. The van der Waals surface area contributed by atoms with Crippen molar-refractivity contribution in [2.45, 2.75) is 19.4 Å². The summed E-state index contributed by atoms with van der Waals surface area (Å²) in [6.45, 7) is 1.85. The number of carbonyl (C=O) groups excluding carboxylic acids is 2. The SMILES string of the molecule is COc1cccc(N2C[C@@H](C(=O)N[C@@H](C)c3ccc(F)cc3F)CC2=O)c1. The molecule has 0 unspecified atom stereocenters. The van der Waals surface area contributed by atoms with E-state index in [2.05, 4.69) is 5.32 Å². The number of carbonyl (C=O) groups is 2. The van der Waals surface area contributed by atoms with Crippen LogP contribution in [-0.4, -0.2) is 25.5 Å². The summed E-state index contributed by atoms with van der Waals surface area (Å²) in [5, 5.41) is 2.71. The number of hydrogen-bond acceptors (Lipinski definition) is 3. The largest absolute Gasteiger partial charge is 0.497 e. The highest BCUT2D eigenvalue weighted by Gasteiger charge is 2.35. The molecule has 0 bridgehead atoms. The first-order valence-electron chi connectivity index (χ1n) is 8.58. The van der Waals surface area contributed by atoms with Crippen LogP contribution in [0.3, 0.4) is 0 Å². The Morgan fingerprint density at radius 2 is 2.04 bits per heavy atom. The van der Waals surface area contributed by atoms with Crippen LogP contribution in [0, 0.1) is 17.6 Å². The minimum atomic E-state index is -0.719. The molecule has 1 aliphatic rings. The summed E-state index contributed by atoms with van der Waals surface area (Å²) < 4.78 is 32.1. The number of anilines is 1. The van der Waals surface area contributed by atoms with Gasteiger partial charge in [0.05, 0.1) is 19.1 Å². The Morgan fingerprint density at radius 1 is 1.26 bits per heavy atom. The number of halogens is 2. The quantitative estimate of drug-likeness (QED) is 0.874. The first kappa shape index (κ1) is 18.8. The summed E-state index contributed by atoms with van der Waals surface area (Å²) in [5.41, 5.74) is 0.853. The van der Waals surface area contributed by atoms with E-state index < -0.39 is 23.6 Å². The maximum Gasteiger partial charge on any atom is 0.227 e. The van der Waals surface area contributed by atoms with Crippen molar-refractivity contribution in [2.75, 3.05) is 18.6 Å². The molecule has 2 aromatic carbocycles. The van der Waals surface area contributed by atoms with E-state index in [0.717, 1.165) is 12.1 Å². The number of nitrogens with zero attached hydrogens (tertiary/aromatic N) is 1. The average molecular weight is 374 g/mol. The van der Waals surface area contributed by atoms with E-state index in [-0.39, 0.29) is 30.3 Å². The number of benzene rings is 2. The molecule has 0 aromatic heterocycles. The number of ether oxygens (including phenoxy) is 1. The Balaban J connectivity index is 1.68. The monoisotopic (exact) mass is 374 g/mol. The molecule has 0 spiro atoms. The lowest BCUT2D eigenvalue weighted by atomic mass is 10.0. The lowest BCUT2D eigenvalue weighted by molar-refractivity contribution is -0.126. The molecule has 0 aliphatic carbocycles. The Labute approximate surface area is 155 Å². The zero-order valence-electron chi connectivity index (χ0n) is 15.0. The maximum atomic E-state index is 13.9. The van der Waals surface area contributed by atoms with Crippen LogP contribution in [-0.2, 0) is 9.59 Å². The van der Waals surface area contributed by atoms with Crippen molar-refractivity contribution in [3.63, 3.8) is 0 Å². The van der Waals surface area contributed by atoms with Gasteiger partial charge in [-0.05, 0) is 25.1 Å². The van der Waals surface area contributed by atoms with Crippen LogP contribution in [0.15, 0.2) is 42.5 Å². The fourth-order valence-corrected chi connectivity index (χ4v) is 3.17. The zero-order chi connectivity index (χ0) is 19.6. The second-order valence-corrected chi connectivity index (χ2v) is 6.50. The molecule has 2 amide bonds. The number of amides is 2. The van der Waals surface area contributed by atoms with Crippen LogP contribution in [0.1, 0.15) is 24.9 Å². The summed E-state index contributed by atoms with van der Waals surface area (Å²) >= 11 is 0. The van der Waals surface area contributed by atoms with Crippen molar-refractivity contribution in [1.82, 2.24) is 5.32 Å². The van der Waals surface area contributed by atoms with Gasteiger partial charge in [-0.15, -0.1) is 0 Å². The molecule has 2 aromatic rings. The van der Waals surface area contributed by atoms with Crippen LogP contribution >= 0.6 is 0 Å². The fourth-order valence-electron chi connectivity index (χ4n) is 3.17. The van der Waals surface area contributed by atoms with Gasteiger partial charge in [0, 0.05) is 36.3 Å². The Bertz CT molecular complexity index is 872. The third-order valence-electron chi connectivity index (χ3n) is 4.65. The zero-order valence-corrected chi connectivity index (χ0v) is 15.0. The van der Waals surface area contributed by atoms with E-state index in [9.17, 15) is 18.4 Å². The molecule has 27 heavy (non-hydrogen) atoms. The van der Waals surface area contributed by atoms with Gasteiger partial charge in [0.2, 0.25) is 11.8 Å².